The van der Waals surface area contributed by atoms with Crippen LogP contribution in [0, 0.1) is 0 Å². The van der Waals surface area contributed by atoms with E-state index in [2.05, 4.69) is 14.9 Å². The lowest BCUT2D eigenvalue weighted by Crippen LogP contribution is -2.47. The molecule has 6 nitrogen and oxygen atoms in total. The highest BCUT2D eigenvalue weighted by atomic mass is 35.5. The third kappa shape index (κ3) is 2.79. The van der Waals surface area contributed by atoms with Gasteiger partial charge in [0.1, 0.15) is 5.82 Å². The molecular weight excluding hydrogens is 312 g/mol. The second-order valence-corrected chi connectivity index (χ2v) is 5.84. The summed E-state index contributed by atoms with van der Waals surface area (Å²) < 4.78 is 0. The highest BCUT2D eigenvalue weighted by molar-refractivity contribution is 7.13. The molecule has 0 amide bonds. The van der Waals surface area contributed by atoms with Crippen LogP contribution in [0.2, 0.25) is 5.02 Å². The van der Waals surface area contributed by atoms with Crippen molar-refractivity contribution in [1.29, 1.82) is 0 Å². The molecule has 0 spiro atoms. The molecule has 0 aromatic carbocycles. The van der Waals surface area contributed by atoms with Crippen molar-refractivity contribution < 1.29 is 9.90 Å². The third-order valence-electron chi connectivity index (χ3n) is 3.37. The number of carboxylic acid groups (broad SMARTS) is 1. The van der Waals surface area contributed by atoms with Crippen LogP contribution >= 0.6 is 22.9 Å². The summed E-state index contributed by atoms with van der Waals surface area (Å²) in [6.45, 7) is 3.08. The van der Waals surface area contributed by atoms with Gasteiger partial charge in [-0.3, -0.25) is 0 Å². The van der Waals surface area contributed by atoms with Crippen LogP contribution in [-0.4, -0.2) is 47.2 Å². The smallest absolute Gasteiger partial charge is 0.337 e. The number of carbonyl (C=O) groups is 1. The number of rotatable bonds is 3. The number of nitrogens with zero attached hydrogens (tertiary/aromatic N) is 4. The molecule has 1 aliphatic heterocycles. The van der Waals surface area contributed by atoms with Crippen molar-refractivity contribution >= 4 is 39.9 Å². The summed E-state index contributed by atoms with van der Waals surface area (Å²) in [5.74, 6) is -0.500. The zero-order chi connectivity index (χ0) is 14.8. The van der Waals surface area contributed by atoms with Crippen molar-refractivity contribution in [3.63, 3.8) is 0 Å². The first-order valence-corrected chi connectivity index (χ1v) is 7.70. The number of anilines is 2. The van der Waals surface area contributed by atoms with Gasteiger partial charge in [0.2, 0.25) is 0 Å². The molecule has 0 radical (unpaired) electrons. The number of piperazine rings is 1. The Kier molecular flexibility index (Phi) is 3.94. The van der Waals surface area contributed by atoms with Gasteiger partial charge in [-0.15, -0.1) is 11.3 Å². The lowest BCUT2D eigenvalue weighted by atomic mass is 10.2. The second-order valence-electron chi connectivity index (χ2n) is 4.59. The minimum Gasteiger partial charge on any atom is -0.478 e. The number of aromatic carboxylic acids is 1. The van der Waals surface area contributed by atoms with Gasteiger partial charge in [0.15, 0.2) is 5.13 Å². The van der Waals surface area contributed by atoms with Crippen LogP contribution in [-0.2, 0) is 0 Å². The van der Waals surface area contributed by atoms with E-state index in [9.17, 15) is 4.79 Å². The van der Waals surface area contributed by atoms with Gasteiger partial charge in [-0.2, -0.15) is 0 Å². The molecule has 1 N–H and O–H groups in total. The van der Waals surface area contributed by atoms with E-state index in [4.69, 9.17) is 16.7 Å². The van der Waals surface area contributed by atoms with Crippen molar-refractivity contribution in [3.8, 4) is 0 Å². The zero-order valence-electron chi connectivity index (χ0n) is 11.1. The van der Waals surface area contributed by atoms with Gasteiger partial charge in [0, 0.05) is 44.0 Å². The van der Waals surface area contributed by atoms with E-state index in [0.29, 0.717) is 5.82 Å². The Balaban J connectivity index is 1.75. The van der Waals surface area contributed by atoms with Gasteiger partial charge in [-0.25, -0.2) is 14.8 Å². The molecule has 110 valence electrons. The van der Waals surface area contributed by atoms with Crippen molar-refractivity contribution in [2.24, 2.45) is 0 Å². The molecule has 21 heavy (non-hydrogen) atoms. The molecule has 3 heterocycles. The zero-order valence-corrected chi connectivity index (χ0v) is 12.6. The Morgan fingerprint density at radius 3 is 2.52 bits per heavy atom. The Morgan fingerprint density at radius 1 is 1.19 bits per heavy atom. The maximum atomic E-state index is 11.1. The minimum absolute atomic E-state index is 0.0871. The molecule has 0 atom stereocenters. The van der Waals surface area contributed by atoms with Crippen LogP contribution in [0.3, 0.4) is 0 Å². The average molecular weight is 325 g/mol. The van der Waals surface area contributed by atoms with E-state index in [-0.39, 0.29) is 10.6 Å². The Bertz CT molecular complexity index is 642. The van der Waals surface area contributed by atoms with E-state index in [1.807, 2.05) is 10.3 Å². The molecule has 3 rings (SSSR count). The molecule has 2 aromatic rings. The van der Waals surface area contributed by atoms with Crippen molar-refractivity contribution in [3.05, 3.63) is 34.4 Å². The fourth-order valence-corrected chi connectivity index (χ4v) is 3.31. The number of hydrogen-bond acceptors (Lipinski definition) is 6. The van der Waals surface area contributed by atoms with Gasteiger partial charge >= 0.3 is 5.97 Å². The van der Waals surface area contributed by atoms with E-state index < -0.39 is 5.97 Å². The molecular formula is C13H13ClN4O2S. The van der Waals surface area contributed by atoms with Gasteiger partial charge in [0.05, 0.1) is 10.6 Å². The maximum Gasteiger partial charge on any atom is 0.337 e. The lowest BCUT2D eigenvalue weighted by Gasteiger charge is -2.35. The molecule has 0 unspecified atom stereocenters. The highest BCUT2D eigenvalue weighted by Crippen LogP contribution is 2.28. The molecule has 8 heteroatoms. The maximum absolute atomic E-state index is 11.1. The topological polar surface area (TPSA) is 69.6 Å². The summed E-state index contributed by atoms with van der Waals surface area (Å²) in [5.41, 5.74) is 0.0871. The van der Waals surface area contributed by atoms with Gasteiger partial charge in [-0.05, 0) is 6.07 Å². The molecule has 0 aliphatic carbocycles. The number of hydrogen-bond donors (Lipinski definition) is 1. The molecule has 2 aromatic heterocycles. The SMILES string of the molecule is O=C(O)c1ccnc(N2CCN(c3nccs3)CC2)c1Cl. The Hall–Kier alpha value is -1.86. The normalized spacial score (nSPS) is 15.3. The first kappa shape index (κ1) is 14.1. The van der Waals surface area contributed by atoms with E-state index in [0.717, 1.165) is 31.3 Å². The monoisotopic (exact) mass is 324 g/mol. The number of halogens is 1. The van der Waals surface area contributed by atoms with Crippen LogP contribution in [0.4, 0.5) is 10.9 Å². The predicted octanol–water partition coefficient (Wildman–Crippen LogP) is 2.22. The van der Waals surface area contributed by atoms with Crippen LogP contribution in [0.1, 0.15) is 10.4 Å². The number of pyridine rings is 1. The van der Waals surface area contributed by atoms with E-state index in [1.165, 1.54) is 12.3 Å². The van der Waals surface area contributed by atoms with E-state index >= 15 is 0 Å². The minimum atomic E-state index is -1.04. The summed E-state index contributed by atoms with van der Waals surface area (Å²) in [7, 11) is 0. The van der Waals surface area contributed by atoms with Crippen LogP contribution < -0.4 is 9.80 Å². The van der Waals surface area contributed by atoms with Crippen molar-refractivity contribution in [2.75, 3.05) is 36.0 Å². The molecule has 1 fully saturated rings. The van der Waals surface area contributed by atoms with Crippen LogP contribution in [0.25, 0.3) is 0 Å². The molecule has 1 aliphatic rings. The summed E-state index contributed by atoms with van der Waals surface area (Å²) in [6, 6.07) is 1.42. The summed E-state index contributed by atoms with van der Waals surface area (Å²) in [6.07, 6.45) is 3.28. The second kappa shape index (κ2) is 5.87. The first-order valence-electron chi connectivity index (χ1n) is 6.44. The molecule has 0 saturated carbocycles. The van der Waals surface area contributed by atoms with Crippen molar-refractivity contribution in [1.82, 2.24) is 9.97 Å². The predicted molar refractivity (Wildman–Crippen MR) is 82.7 cm³/mol. The summed E-state index contributed by atoms with van der Waals surface area (Å²) in [5, 5.41) is 12.3. The Labute approximate surface area is 130 Å². The largest absolute Gasteiger partial charge is 0.478 e. The fourth-order valence-electron chi connectivity index (χ4n) is 2.30. The Morgan fingerprint density at radius 2 is 1.90 bits per heavy atom. The third-order valence-corrected chi connectivity index (χ3v) is 4.58. The highest BCUT2D eigenvalue weighted by Gasteiger charge is 2.23. The standard InChI is InChI=1S/C13H13ClN4O2S/c14-10-9(12(19)20)1-2-15-11(10)17-4-6-18(7-5-17)13-16-3-8-21-13/h1-3,8H,4-7H2,(H,19,20). The first-order chi connectivity index (χ1) is 10.2. The summed E-state index contributed by atoms with van der Waals surface area (Å²) in [4.78, 5) is 23.9. The van der Waals surface area contributed by atoms with Gasteiger partial charge in [-0.1, -0.05) is 11.6 Å². The number of thiazole rings is 1. The lowest BCUT2D eigenvalue weighted by molar-refractivity contribution is 0.0697. The average Bonchev–Trinajstić information content (AvgIpc) is 3.02. The van der Waals surface area contributed by atoms with Crippen molar-refractivity contribution in [2.45, 2.75) is 0 Å². The number of aromatic nitrogens is 2. The summed E-state index contributed by atoms with van der Waals surface area (Å²) >= 11 is 7.78. The fraction of sp³-hybridized carbons (Fsp3) is 0.308. The quantitative estimate of drug-likeness (QED) is 0.933. The van der Waals surface area contributed by atoms with E-state index in [1.54, 1.807) is 17.5 Å². The molecule has 1 saturated heterocycles. The van der Waals surface area contributed by atoms with Crippen LogP contribution in [0.15, 0.2) is 23.8 Å². The number of carboxylic acids is 1. The van der Waals surface area contributed by atoms with Crippen LogP contribution in [0.5, 0.6) is 0 Å². The van der Waals surface area contributed by atoms with Gasteiger partial charge in [0.25, 0.3) is 0 Å². The molecule has 0 bridgehead atoms. The van der Waals surface area contributed by atoms with Gasteiger partial charge < -0.3 is 14.9 Å².